The lowest BCUT2D eigenvalue weighted by Crippen LogP contribution is -2.52. The van der Waals surface area contributed by atoms with Crippen LogP contribution in [0.1, 0.15) is 39.3 Å². The average Bonchev–Trinajstić information content (AvgIpc) is 3.38. The second-order valence-corrected chi connectivity index (χ2v) is 8.66. The summed E-state index contributed by atoms with van der Waals surface area (Å²) in [7, 11) is 3.49. The van der Waals surface area contributed by atoms with Crippen LogP contribution in [0.5, 0.6) is 5.75 Å². The van der Waals surface area contributed by atoms with E-state index in [-0.39, 0.29) is 11.8 Å². The molecule has 8 nitrogen and oxygen atoms in total. The number of imidazole rings is 1. The molecule has 2 amide bonds. The van der Waals surface area contributed by atoms with E-state index in [4.69, 9.17) is 9.47 Å². The lowest BCUT2D eigenvalue weighted by Gasteiger charge is -2.43. The highest BCUT2D eigenvalue weighted by Gasteiger charge is 2.42. The van der Waals surface area contributed by atoms with E-state index in [0.717, 1.165) is 22.4 Å². The third-order valence-electron chi connectivity index (χ3n) is 6.26. The first-order chi connectivity index (χ1) is 15.9. The summed E-state index contributed by atoms with van der Waals surface area (Å²) in [6, 6.07) is 13.7. The van der Waals surface area contributed by atoms with Crippen LogP contribution >= 0.6 is 0 Å². The molecule has 5 rings (SSSR count). The van der Waals surface area contributed by atoms with Gasteiger partial charge >= 0.3 is 0 Å². The van der Waals surface area contributed by atoms with Crippen molar-refractivity contribution in [2.24, 2.45) is 0 Å². The number of carbonyl (C=O) groups is 2. The zero-order valence-electron chi connectivity index (χ0n) is 18.7. The van der Waals surface area contributed by atoms with Crippen LogP contribution < -0.4 is 4.74 Å². The van der Waals surface area contributed by atoms with Crippen LogP contribution in [0.2, 0.25) is 0 Å². The molecule has 1 aromatic heterocycles. The number of likely N-dealkylation sites (tertiary alicyclic amines) is 1. The fourth-order valence-electron chi connectivity index (χ4n) is 4.31. The molecule has 170 valence electrons. The number of hydrogen-bond acceptors (Lipinski definition) is 5. The summed E-state index contributed by atoms with van der Waals surface area (Å²) >= 11 is 0. The molecule has 3 aromatic rings. The molecule has 0 atom stereocenters. The maximum Gasteiger partial charge on any atom is 0.271 e. The largest absolute Gasteiger partial charge is 0.462 e. The number of H-pyrrole nitrogens is 1. The average molecular weight is 447 g/mol. The minimum absolute atomic E-state index is 0.0172. The summed E-state index contributed by atoms with van der Waals surface area (Å²) in [6.07, 6.45) is 4.27. The molecule has 0 saturated carbocycles. The first kappa shape index (κ1) is 21.2. The minimum Gasteiger partial charge on any atom is -0.462 e. The van der Waals surface area contributed by atoms with Crippen LogP contribution in [0.3, 0.4) is 0 Å². The van der Waals surface area contributed by atoms with E-state index in [1.54, 1.807) is 30.1 Å². The van der Waals surface area contributed by atoms with E-state index in [1.165, 1.54) is 6.33 Å². The van der Waals surface area contributed by atoms with Crippen molar-refractivity contribution in [3.63, 3.8) is 0 Å². The van der Waals surface area contributed by atoms with Crippen LogP contribution in [-0.2, 0) is 11.3 Å². The van der Waals surface area contributed by atoms with Gasteiger partial charge in [-0.3, -0.25) is 9.59 Å². The van der Waals surface area contributed by atoms with Gasteiger partial charge in [0.2, 0.25) is 5.79 Å². The monoisotopic (exact) mass is 446 g/mol. The van der Waals surface area contributed by atoms with Crippen molar-refractivity contribution >= 4 is 11.8 Å². The SMILES string of the molecule is CN(C)C(=O)c1ccc(-c2ccc3c(c2)COC2(CCN(C(=O)c4cnc[nH]4)CC2)O3)cc1. The lowest BCUT2D eigenvalue weighted by atomic mass is 9.98. The van der Waals surface area contributed by atoms with Gasteiger partial charge in [0.05, 0.1) is 19.1 Å². The predicted octanol–water partition coefficient (Wildman–Crippen LogP) is 3.32. The van der Waals surface area contributed by atoms with Crippen molar-refractivity contribution in [3.05, 3.63) is 71.8 Å². The fourth-order valence-corrected chi connectivity index (χ4v) is 4.31. The van der Waals surface area contributed by atoms with Gasteiger partial charge in [0.15, 0.2) is 0 Å². The van der Waals surface area contributed by atoms with E-state index < -0.39 is 5.79 Å². The molecule has 0 unspecified atom stereocenters. The molecule has 0 radical (unpaired) electrons. The molecule has 1 N–H and O–H groups in total. The normalized spacial score (nSPS) is 16.7. The van der Waals surface area contributed by atoms with Gasteiger partial charge in [0, 0.05) is 51.2 Å². The maximum atomic E-state index is 12.5. The molecule has 1 fully saturated rings. The third kappa shape index (κ3) is 4.09. The standard InChI is InChI=1S/C25H26N4O4/c1-28(2)23(30)18-5-3-17(4-6-18)19-7-8-22-20(13-19)15-32-25(33-22)9-11-29(12-10-25)24(31)21-14-26-16-27-21/h3-8,13-14,16H,9-12,15H2,1-2H3,(H,26,27). The quantitative estimate of drug-likeness (QED) is 0.667. The first-order valence-corrected chi connectivity index (χ1v) is 11.0. The number of hydrogen-bond donors (Lipinski definition) is 1. The number of ether oxygens (including phenoxy) is 2. The summed E-state index contributed by atoms with van der Waals surface area (Å²) in [5, 5.41) is 0. The Morgan fingerprint density at radius 3 is 2.45 bits per heavy atom. The Kier molecular flexibility index (Phi) is 5.38. The van der Waals surface area contributed by atoms with Crippen molar-refractivity contribution in [3.8, 4) is 16.9 Å². The molecule has 2 aliphatic heterocycles. The first-order valence-electron chi connectivity index (χ1n) is 11.0. The molecule has 1 spiro atoms. The number of fused-ring (bicyclic) bond motifs is 1. The highest BCUT2D eigenvalue weighted by Crippen LogP contribution is 2.39. The topological polar surface area (TPSA) is 87.8 Å². The molecule has 33 heavy (non-hydrogen) atoms. The van der Waals surface area contributed by atoms with Gasteiger partial charge in [-0.1, -0.05) is 18.2 Å². The Morgan fingerprint density at radius 2 is 1.79 bits per heavy atom. The Bertz CT molecular complexity index is 1160. The Balaban J connectivity index is 1.27. The summed E-state index contributed by atoms with van der Waals surface area (Å²) in [4.78, 5) is 34.8. The molecule has 2 aromatic carbocycles. The Morgan fingerprint density at radius 1 is 1.06 bits per heavy atom. The van der Waals surface area contributed by atoms with Crippen molar-refractivity contribution in [2.45, 2.75) is 25.2 Å². The van der Waals surface area contributed by atoms with E-state index in [9.17, 15) is 9.59 Å². The van der Waals surface area contributed by atoms with Crippen LogP contribution in [0.4, 0.5) is 0 Å². The Hall–Kier alpha value is -3.65. The van der Waals surface area contributed by atoms with Crippen LogP contribution in [0, 0.1) is 0 Å². The molecule has 2 aliphatic rings. The van der Waals surface area contributed by atoms with Crippen molar-refractivity contribution in [1.29, 1.82) is 0 Å². The molecular weight excluding hydrogens is 420 g/mol. The van der Waals surface area contributed by atoms with Crippen molar-refractivity contribution in [2.75, 3.05) is 27.2 Å². The van der Waals surface area contributed by atoms with E-state index in [1.807, 2.05) is 36.4 Å². The second kappa shape index (κ2) is 8.37. The van der Waals surface area contributed by atoms with E-state index in [0.29, 0.717) is 43.8 Å². The smallest absolute Gasteiger partial charge is 0.271 e. The number of piperidine rings is 1. The van der Waals surface area contributed by atoms with Gasteiger partial charge < -0.3 is 24.3 Å². The molecule has 8 heteroatoms. The Labute approximate surface area is 192 Å². The van der Waals surface area contributed by atoms with Crippen LogP contribution in [0.15, 0.2) is 55.0 Å². The van der Waals surface area contributed by atoms with Gasteiger partial charge in [-0.15, -0.1) is 0 Å². The molecule has 1 saturated heterocycles. The highest BCUT2D eigenvalue weighted by molar-refractivity contribution is 5.94. The van der Waals surface area contributed by atoms with Gasteiger partial charge in [-0.25, -0.2) is 4.98 Å². The summed E-state index contributed by atoms with van der Waals surface area (Å²) in [5.41, 5.74) is 4.21. The molecular formula is C25H26N4O4. The third-order valence-corrected chi connectivity index (χ3v) is 6.26. The number of aromatic nitrogens is 2. The fraction of sp³-hybridized carbons (Fsp3) is 0.320. The summed E-state index contributed by atoms with van der Waals surface area (Å²) < 4.78 is 12.5. The molecule has 0 aliphatic carbocycles. The highest BCUT2D eigenvalue weighted by atomic mass is 16.7. The number of carbonyl (C=O) groups excluding carboxylic acids is 2. The number of amides is 2. The number of rotatable bonds is 3. The van der Waals surface area contributed by atoms with Crippen LogP contribution in [0.25, 0.3) is 11.1 Å². The predicted molar refractivity (Wildman–Crippen MR) is 122 cm³/mol. The number of nitrogens with zero attached hydrogens (tertiary/aromatic N) is 3. The van der Waals surface area contributed by atoms with E-state index >= 15 is 0 Å². The van der Waals surface area contributed by atoms with Gasteiger partial charge in [0.25, 0.3) is 11.8 Å². The van der Waals surface area contributed by atoms with Crippen LogP contribution in [-0.4, -0.2) is 64.6 Å². The number of benzene rings is 2. The van der Waals surface area contributed by atoms with E-state index in [2.05, 4.69) is 16.0 Å². The number of nitrogens with one attached hydrogen (secondary N) is 1. The van der Waals surface area contributed by atoms with Gasteiger partial charge in [-0.05, 0) is 35.4 Å². The minimum atomic E-state index is -0.701. The maximum absolute atomic E-state index is 12.5. The number of aromatic amines is 1. The lowest BCUT2D eigenvalue weighted by molar-refractivity contribution is -0.225. The summed E-state index contributed by atoms with van der Waals surface area (Å²) in [6.45, 7) is 1.57. The molecule has 0 bridgehead atoms. The van der Waals surface area contributed by atoms with Gasteiger partial charge in [0.1, 0.15) is 11.4 Å². The van der Waals surface area contributed by atoms with Crippen molar-refractivity contribution in [1.82, 2.24) is 19.8 Å². The van der Waals surface area contributed by atoms with Gasteiger partial charge in [-0.2, -0.15) is 0 Å². The zero-order chi connectivity index (χ0) is 23.0. The zero-order valence-corrected chi connectivity index (χ0v) is 18.7. The molecule has 3 heterocycles. The second-order valence-electron chi connectivity index (χ2n) is 8.66. The van der Waals surface area contributed by atoms with Crippen molar-refractivity contribution < 1.29 is 19.1 Å². The summed E-state index contributed by atoms with van der Waals surface area (Å²) in [5.74, 6) is 0.0451.